The van der Waals surface area contributed by atoms with Crippen LogP contribution in [-0.4, -0.2) is 35.5 Å². The lowest BCUT2D eigenvalue weighted by molar-refractivity contribution is -0.159. The van der Waals surface area contributed by atoms with Crippen LogP contribution in [-0.2, 0) is 19.2 Å². The monoisotopic (exact) mass is 417 g/mol. The standard InChI is InChI=1S/C24H35NO5/c1-4-22(28)30-20-8-7-18-17-6-5-15-13-16(25-29-14-21(26)27)9-11-23(15,2)19(17)10-12-24(18,20)3/h13,17-20H,4-12,14H2,1-3H3,(H,26,27)/b25-16-/t17-,18-,19-,20-,23+,24+/m1/s1. The maximum absolute atomic E-state index is 12.0. The summed E-state index contributed by atoms with van der Waals surface area (Å²) < 4.78 is 5.89. The Kier molecular flexibility index (Phi) is 5.71. The molecule has 0 radical (unpaired) electrons. The summed E-state index contributed by atoms with van der Waals surface area (Å²) in [5.74, 6) is 0.931. The van der Waals surface area contributed by atoms with Gasteiger partial charge in [0.1, 0.15) is 6.10 Å². The minimum absolute atomic E-state index is 0.0611. The van der Waals surface area contributed by atoms with E-state index in [4.69, 9.17) is 14.7 Å². The topological polar surface area (TPSA) is 85.2 Å². The Bertz CT molecular complexity index is 774. The van der Waals surface area contributed by atoms with Gasteiger partial charge in [0.15, 0.2) is 0 Å². The van der Waals surface area contributed by atoms with Crippen LogP contribution in [0.1, 0.15) is 78.6 Å². The Morgan fingerprint density at radius 2 is 1.93 bits per heavy atom. The maximum Gasteiger partial charge on any atom is 0.344 e. The molecule has 0 unspecified atom stereocenters. The van der Waals surface area contributed by atoms with Crippen molar-refractivity contribution in [3.05, 3.63) is 11.6 Å². The van der Waals surface area contributed by atoms with Gasteiger partial charge in [-0.05, 0) is 80.6 Å². The quantitative estimate of drug-likeness (QED) is 0.516. The van der Waals surface area contributed by atoms with E-state index in [-0.39, 0.29) is 22.9 Å². The maximum atomic E-state index is 12.0. The first-order chi connectivity index (χ1) is 14.3. The van der Waals surface area contributed by atoms with Gasteiger partial charge in [0, 0.05) is 11.8 Å². The number of carboxylic acid groups (broad SMARTS) is 1. The lowest BCUT2D eigenvalue weighted by atomic mass is 9.47. The third-order valence-corrected chi connectivity index (χ3v) is 8.82. The van der Waals surface area contributed by atoms with E-state index in [1.54, 1.807) is 0 Å². The van der Waals surface area contributed by atoms with Crippen LogP contribution in [0.25, 0.3) is 0 Å². The van der Waals surface area contributed by atoms with Gasteiger partial charge in [-0.15, -0.1) is 0 Å². The van der Waals surface area contributed by atoms with E-state index in [2.05, 4.69) is 25.1 Å². The summed E-state index contributed by atoms with van der Waals surface area (Å²) in [5, 5.41) is 12.8. The molecule has 4 rings (SSSR count). The second-order valence-electron chi connectivity index (χ2n) is 10.2. The summed E-state index contributed by atoms with van der Waals surface area (Å²) in [4.78, 5) is 27.6. The van der Waals surface area contributed by atoms with Gasteiger partial charge in [-0.2, -0.15) is 0 Å². The number of aliphatic carboxylic acids is 1. The first kappa shape index (κ1) is 21.4. The number of carbonyl (C=O) groups excluding carboxylic acids is 1. The van der Waals surface area contributed by atoms with Crippen LogP contribution in [0.15, 0.2) is 16.8 Å². The molecule has 3 saturated carbocycles. The molecule has 0 amide bonds. The summed E-state index contributed by atoms with van der Waals surface area (Å²) in [5.41, 5.74) is 2.64. The molecule has 0 bridgehead atoms. The number of oxime groups is 1. The van der Waals surface area contributed by atoms with E-state index >= 15 is 0 Å². The number of nitrogens with zero attached hydrogens (tertiary/aromatic N) is 1. The van der Waals surface area contributed by atoms with Crippen molar-refractivity contribution in [1.82, 2.24) is 0 Å². The van der Waals surface area contributed by atoms with Gasteiger partial charge in [0.25, 0.3) is 0 Å². The molecule has 166 valence electrons. The van der Waals surface area contributed by atoms with E-state index in [1.807, 2.05) is 6.92 Å². The zero-order chi connectivity index (χ0) is 21.5. The van der Waals surface area contributed by atoms with Crippen molar-refractivity contribution in [1.29, 1.82) is 0 Å². The highest BCUT2D eigenvalue weighted by Crippen LogP contribution is 2.65. The molecular weight excluding hydrogens is 382 g/mol. The van der Waals surface area contributed by atoms with Crippen LogP contribution in [0.5, 0.6) is 0 Å². The Labute approximate surface area is 179 Å². The van der Waals surface area contributed by atoms with Crippen molar-refractivity contribution in [2.75, 3.05) is 6.61 Å². The number of carboxylic acids is 1. The molecule has 30 heavy (non-hydrogen) atoms. The highest BCUT2D eigenvalue weighted by molar-refractivity contribution is 5.96. The average Bonchev–Trinajstić information content (AvgIpc) is 3.04. The molecule has 0 heterocycles. The fraction of sp³-hybridized carbons (Fsp3) is 0.792. The molecule has 1 N–H and O–H groups in total. The average molecular weight is 418 g/mol. The van der Waals surface area contributed by atoms with Crippen molar-refractivity contribution in [3.8, 4) is 0 Å². The summed E-state index contributed by atoms with van der Waals surface area (Å²) in [6.07, 6.45) is 11.3. The lowest BCUT2D eigenvalue weighted by Crippen LogP contribution is -2.51. The zero-order valence-corrected chi connectivity index (χ0v) is 18.5. The van der Waals surface area contributed by atoms with E-state index in [1.165, 1.54) is 24.8 Å². The molecule has 3 fully saturated rings. The Morgan fingerprint density at radius 3 is 2.67 bits per heavy atom. The van der Waals surface area contributed by atoms with Gasteiger partial charge < -0.3 is 14.7 Å². The number of esters is 1. The molecule has 6 atom stereocenters. The molecule has 0 saturated heterocycles. The predicted octanol–water partition coefficient (Wildman–Crippen LogP) is 4.73. The van der Waals surface area contributed by atoms with Gasteiger partial charge >= 0.3 is 11.9 Å². The summed E-state index contributed by atoms with van der Waals surface area (Å²) in [6.45, 7) is 6.28. The number of carbonyl (C=O) groups is 2. The normalized spacial score (nSPS) is 41.3. The first-order valence-corrected chi connectivity index (χ1v) is 11.6. The highest BCUT2D eigenvalue weighted by Gasteiger charge is 2.59. The number of ether oxygens (including phenoxy) is 1. The Hall–Kier alpha value is -1.85. The molecule has 4 aliphatic carbocycles. The minimum Gasteiger partial charge on any atom is -0.479 e. The molecule has 6 heteroatoms. The second kappa shape index (κ2) is 8.01. The molecule has 0 spiro atoms. The van der Waals surface area contributed by atoms with E-state index in [9.17, 15) is 9.59 Å². The number of fused-ring (bicyclic) bond motifs is 5. The van der Waals surface area contributed by atoms with Crippen molar-refractivity contribution >= 4 is 17.7 Å². The Balaban J connectivity index is 1.51. The molecule has 0 aromatic rings. The fourth-order valence-electron chi connectivity index (χ4n) is 7.20. The largest absolute Gasteiger partial charge is 0.479 e. The molecule has 0 aliphatic heterocycles. The van der Waals surface area contributed by atoms with Crippen LogP contribution >= 0.6 is 0 Å². The lowest BCUT2D eigenvalue weighted by Gasteiger charge is -2.58. The number of hydrogen-bond donors (Lipinski definition) is 1. The number of allylic oxidation sites excluding steroid dienone is 2. The summed E-state index contributed by atoms with van der Waals surface area (Å²) in [6, 6.07) is 0. The van der Waals surface area contributed by atoms with Crippen LogP contribution < -0.4 is 0 Å². The predicted molar refractivity (Wildman–Crippen MR) is 113 cm³/mol. The van der Waals surface area contributed by atoms with Gasteiger partial charge in [-0.1, -0.05) is 31.5 Å². The fourth-order valence-corrected chi connectivity index (χ4v) is 7.20. The van der Waals surface area contributed by atoms with Crippen LogP contribution in [0.4, 0.5) is 0 Å². The zero-order valence-electron chi connectivity index (χ0n) is 18.5. The molecule has 4 aliphatic rings. The van der Waals surface area contributed by atoms with Crippen LogP contribution in [0.3, 0.4) is 0 Å². The summed E-state index contributed by atoms with van der Waals surface area (Å²) in [7, 11) is 0. The first-order valence-electron chi connectivity index (χ1n) is 11.6. The molecular formula is C24H35NO5. The van der Waals surface area contributed by atoms with Gasteiger partial charge in [0.2, 0.25) is 6.61 Å². The van der Waals surface area contributed by atoms with Crippen LogP contribution in [0.2, 0.25) is 0 Å². The third-order valence-electron chi connectivity index (χ3n) is 8.82. The van der Waals surface area contributed by atoms with Gasteiger partial charge in [-0.25, -0.2) is 4.79 Å². The third kappa shape index (κ3) is 3.56. The van der Waals surface area contributed by atoms with Gasteiger partial charge in [0.05, 0.1) is 5.71 Å². The van der Waals surface area contributed by atoms with Crippen molar-refractivity contribution in [2.45, 2.75) is 84.7 Å². The minimum atomic E-state index is -1.00. The highest BCUT2D eigenvalue weighted by atomic mass is 16.6. The molecule has 0 aromatic heterocycles. The van der Waals surface area contributed by atoms with Crippen molar-refractivity contribution in [2.24, 2.45) is 33.7 Å². The summed E-state index contributed by atoms with van der Waals surface area (Å²) >= 11 is 0. The molecule has 0 aromatic carbocycles. The van der Waals surface area contributed by atoms with Crippen molar-refractivity contribution < 1.29 is 24.3 Å². The number of hydrogen-bond acceptors (Lipinski definition) is 5. The van der Waals surface area contributed by atoms with E-state index in [0.29, 0.717) is 24.2 Å². The smallest absolute Gasteiger partial charge is 0.344 e. The molecule has 6 nitrogen and oxygen atoms in total. The van der Waals surface area contributed by atoms with Crippen LogP contribution in [0, 0.1) is 28.6 Å². The van der Waals surface area contributed by atoms with E-state index < -0.39 is 12.6 Å². The SMILES string of the molecule is CCC(=O)O[C@@H]1CC[C@@H]2[C@H]3CCC4=C/C(=N\OCC(=O)O)CC[C@]4(C)[C@@H]3CC[C@@]21C. The van der Waals surface area contributed by atoms with Gasteiger partial charge in [-0.3, -0.25) is 4.79 Å². The number of rotatable bonds is 5. The second-order valence-corrected chi connectivity index (χ2v) is 10.2. The van der Waals surface area contributed by atoms with E-state index in [0.717, 1.165) is 37.8 Å². The van der Waals surface area contributed by atoms with Crippen molar-refractivity contribution in [3.63, 3.8) is 0 Å². The Morgan fingerprint density at radius 1 is 1.13 bits per heavy atom.